The van der Waals surface area contributed by atoms with E-state index in [1.165, 1.54) is 6.07 Å². The van der Waals surface area contributed by atoms with Crippen molar-refractivity contribution in [1.82, 2.24) is 5.32 Å². The molecule has 1 N–H and O–H groups in total. The van der Waals surface area contributed by atoms with Gasteiger partial charge in [0, 0.05) is 25.2 Å². The van der Waals surface area contributed by atoms with Crippen molar-refractivity contribution in [3.05, 3.63) is 30.1 Å². The summed E-state index contributed by atoms with van der Waals surface area (Å²) in [7, 11) is 0. The minimum absolute atomic E-state index is 0.121. The van der Waals surface area contributed by atoms with E-state index in [4.69, 9.17) is 0 Å². The molecule has 1 aromatic rings. The molecule has 1 aliphatic heterocycles. The molecule has 2 rings (SSSR count). The third-order valence-electron chi connectivity index (χ3n) is 3.09. The molecule has 16 heavy (non-hydrogen) atoms. The smallest absolute Gasteiger partial charge is 0.146 e. The maximum atomic E-state index is 13.7. The topological polar surface area (TPSA) is 15.3 Å². The van der Waals surface area contributed by atoms with Crippen molar-refractivity contribution in [2.75, 3.05) is 18.0 Å². The maximum Gasteiger partial charge on any atom is 0.146 e. The maximum absolute atomic E-state index is 13.7. The zero-order chi connectivity index (χ0) is 11.5. The van der Waals surface area contributed by atoms with Gasteiger partial charge < -0.3 is 10.2 Å². The molecule has 0 amide bonds. The first-order valence-electron chi connectivity index (χ1n) is 5.92. The van der Waals surface area contributed by atoms with Crippen LogP contribution in [0.25, 0.3) is 0 Å². The monoisotopic (exact) mass is 222 g/mol. The molecule has 1 aliphatic rings. The van der Waals surface area contributed by atoms with Crippen LogP contribution in [0.15, 0.2) is 24.3 Å². The van der Waals surface area contributed by atoms with Gasteiger partial charge in [-0.15, -0.1) is 0 Å². The highest BCUT2D eigenvalue weighted by Gasteiger charge is 2.19. The second-order valence-corrected chi connectivity index (χ2v) is 4.65. The highest BCUT2D eigenvalue weighted by Crippen LogP contribution is 2.20. The fourth-order valence-electron chi connectivity index (χ4n) is 2.32. The lowest BCUT2D eigenvalue weighted by atomic mass is 10.2. The molecule has 1 aromatic carbocycles. The van der Waals surface area contributed by atoms with Crippen LogP contribution < -0.4 is 10.2 Å². The highest BCUT2D eigenvalue weighted by atomic mass is 19.1. The van der Waals surface area contributed by atoms with Crippen LogP contribution in [-0.4, -0.2) is 25.2 Å². The molecule has 0 spiro atoms. The van der Waals surface area contributed by atoms with E-state index in [2.05, 4.69) is 24.1 Å². The molecule has 1 fully saturated rings. The van der Waals surface area contributed by atoms with Crippen molar-refractivity contribution in [2.45, 2.75) is 32.4 Å². The normalized spacial score (nSPS) is 26.6. The summed E-state index contributed by atoms with van der Waals surface area (Å²) >= 11 is 0. The third-order valence-corrected chi connectivity index (χ3v) is 3.09. The minimum atomic E-state index is -0.121. The Morgan fingerprint density at radius 2 is 2.00 bits per heavy atom. The summed E-state index contributed by atoms with van der Waals surface area (Å²) in [4.78, 5) is 2.14. The van der Waals surface area contributed by atoms with E-state index >= 15 is 0 Å². The van der Waals surface area contributed by atoms with E-state index in [-0.39, 0.29) is 5.82 Å². The number of nitrogens with zero attached hydrogens (tertiary/aromatic N) is 1. The Morgan fingerprint density at radius 3 is 2.75 bits per heavy atom. The number of nitrogens with one attached hydrogen (secondary N) is 1. The van der Waals surface area contributed by atoms with Crippen molar-refractivity contribution in [1.29, 1.82) is 0 Å². The van der Waals surface area contributed by atoms with E-state index in [1.807, 2.05) is 12.1 Å². The van der Waals surface area contributed by atoms with Crippen LogP contribution in [0.1, 0.15) is 20.3 Å². The van der Waals surface area contributed by atoms with Crippen molar-refractivity contribution >= 4 is 5.69 Å². The molecular formula is C13H19FN2. The predicted molar refractivity (Wildman–Crippen MR) is 65.3 cm³/mol. The van der Waals surface area contributed by atoms with Gasteiger partial charge in [-0.1, -0.05) is 12.1 Å². The molecule has 0 radical (unpaired) electrons. The number of hydrogen-bond acceptors (Lipinski definition) is 2. The van der Waals surface area contributed by atoms with Crippen molar-refractivity contribution in [3.63, 3.8) is 0 Å². The summed E-state index contributed by atoms with van der Waals surface area (Å²) in [5, 5.41) is 3.50. The highest BCUT2D eigenvalue weighted by molar-refractivity contribution is 5.47. The van der Waals surface area contributed by atoms with Gasteiger partial charge >= 0.3 is 0 Å². The fraction of sp³-hybridized carbons (Fsp3) is 0.538. The number of hydrogen-bond donors (Lipinski definition) is 1. The molecule has 1 saturated heterocycles. The molecule has 0 saturated carbocycles. The van der Waals surface area contributed by atoms with E-state index in [9.17, 15) is 4.39 Å². The molecule has 3 heteroatoms. The summed E-state index contributed by atoms with van der Waals surface area (Å²) in [5.74, 6) is -0.121. The lowest BCUT2D eigenvalue weighted by molar-refractivity contribution is 0.492. The zero-order valence-corrected chi connectivity index (χ0v) is 9.91. The third kappa shape index (κ3) is 2.53. The van der Waals surface area contributed by atoms with E-state index < -0.39 is 0 Å². The molecule has 88 valence electrons. The van der Waals surface area contributed by atoms with Gasteiger partial charge in [-0.25, -0.2) is 4.39 Å². The Morgan fingerprint density at radius 1 is 1.25 bits per heavy atom. The molecule has 2 nitrogen and oxygen atoms in total. The predicted octanol–water partition coefficient (Wildman–Crippen LogP) is 2.40. The summed E-state index contributed by atoms with van der Waals surface area (Å²) in [6, 6.07) is 7.93. The van der Waals surface area contributed by atoms with Crippen molar-refractivity contribution < 1.29 is 4.39 Å². The van der Waals surface area contributed by atoms with Crippen LogP contribution in [0, 0.1) is 5.82 Å². The van der Waals surface area contributed by atoms with Crippen LogP contribution in [-0.2, 0) is 0 Å². The molecule has 0 bridgehead atoms. The molecule has 1 heterocycles. The second-order valence-electron chi connectivity index (χ2n) is 4.65. The van der Waals surface area contributed by atoms with Gasteiger partial charge in [-0.2, -0.15) is 0 Å². The Hall–Kier alpha value is -1.09. The van der Waals surface area contributed by atoms with Gasteiger partial charge in [0.25, 0.3) is 0 Å². The first-order valence-corrected chi connectivity index (χ1v) is 5.92. The van der Waals surface area contributed by atoms with Crippen LogP contribution in [0.4, 0.5) is 10.1 Å². The van der Waals surface area contributed by atoms with Crippen LogP contribution in [0.2, 0.25) is 0 Å². The number of rotatable bonds is 1. The Labute approximate surface area is 96.5 Å². The van der Waals surface area contributed by atoms with Crippen LogP contribution >= 0.6 is 0 Å². The van der Waals surface area contributed by atoms with Gasteiger partial charge in [0.15, 0.2) is 0 Å². The fourth-order valence-corrected chi connectivity index (χ4v) is 2.32. The SMILES string of the molecule is CC1CCN(c2ccccc2F)CC(C)N1. The standard InChI is InChI=1S/C13H19FN2/c1-10-7-8-16(9-11(2)15-10)13-6-4-3-5-12(13)14/h3-6,10-11,15H,7-9H2,1-2H3. The first-order chi connectivity index (χ1) is 7.66. The molecular weight excluding hydrogens is 203 g/mol. The summed E-state index contributed by atoms with van der Waals surface area (Å²) in [5.41, 5.74) is 0.727. The van der Waals surface area contributed by atoms with Crippen LogP contribution in [0.5, 0.6) is 0 Å². The van der Waals surface area contributed by atoms with E-state index in [1.54, 1.807) is 6.07 Å². The molecule has 2 atom stereocenters. The Balaban J connectivity index is 2.17. The number of para-hydroxylation sites is 1. The summed E-state index contributed by atoms with van der Waals surface area (Å²) in [6.45, 7) is 6.11. The van der Waals surface area contributed by atoms with Crippen molar-refractivity contribution in [2.24, 2.45) is 0 Å². The number of benzene rings is 1. The lowest BCUT2D eigenvalue weighted by Crippen LogP contribution is -2.38. The molecule has 0 aliphatic carbocycles. The average Bonchev–Trinajstić information content (AvgIpc) is 2.40. The van der Waals surface area contributed by atoms with Gasteiger partial charge in [0.2, 0.25) is 0 Å². The van der Waals surface area contributed by atoms with Gasteiger partial charge in [-0.3, -0.25) is 0 Å². The van der Waals surface area contributed by atoms with Crippen molar-refractivity contribution in [3.8, 4) is 0 Å². The average molecular weight is 222 g/mol. The summed E-state index contributed by atoms with van der Waals surface area (Å²) < 4.78 is 13.7. The number of anilines is 1. The molecule has 2 unspecified atom stereocenters. The summed E-state index contributed by atoms with van der Waals surface area (Å²) in [6.07, 6.45) is 1.05. The quantitative estimate of drug-likeness (QED) is 0.785. The second kappa shape index (κ2) is 4.83. The molecule has 0 aromatic heterocycles. The zero-order valence-electron chi connectivity index (χ0n) is 9.91. The lowest BCUT2D eigenvalue weighted by Gasteiger charge is -2.25. The van der Waals surface area contributed by atoms with Gasteiger partial charge in [-0.05, 0) is 32.4 Å². The van der Waals surface area contributed by atoms with Crippen LogP contribution in [0.3, 0.4) is 0 Å². The number of halogens is 1. The van der Waals surface area contributed by atoms with Gasteiger partial charge in [0.05, 0.1) is 5.69 Å². The first kappa shape index (κ1) is 11.4. The van der Waals surface area contributed by atoms with E-state index in [0.717, 1.165) is 25.2 Å². The minimum Gasteiger partial charge on any atom is -0.368 e. The Kier molecular flexibility index (Phi) is 3.44. The van der Waals surface area contributed by atoms with Gasteiger partial charge in [0.1, 0.15) is 5.82 Å². The largest absolute Gasteiger partial charge is 0.368 e. The Bertz CT molecular complexity index is 354. The van der Waals surface area contributed by atoms with E-state index in [0.29, 0.717) is 12.1 Å².